The zero-order chi connectivity index (χ0) is 23.1. The van der Waals surface area contributed by atoms with Gasteiger partial charge in [-0.05, 0) is 48.5 Å². The van der Waals surface area contributed by atoms with Crippen LogP contribution in [0.25, 0.3) is 0 Å². The van der Waals surface area contributed by atoms with Gasteiger partial charge in [0.15, 0.2) is 11.5 Å². The molecular formula is C23H18BrFN2O5. The van der Waals surface area contributed by atoms with Gasteiger partial charge in [-0.15, -0.1) is 0 Å². The summed E-state index contributed by atoms with van der Waals surface area (Å²) in [4.78, 5) is 24.7. The van der Waals surface area contributed by atoms with E-state index in [9.17, 15) is 14.0 Å². The normalized spacial score (nSPS) is 10.6. The average molecular weight is 501 g/mol. The highest BCUT2D eigenvalue weighted by Crippen LogP contribution is 2.29. The molecule has 7 nitrogen and oxygen atoms in total. The molecule has 0 unspecified atom stereocenters. The van der Waals surface area contributed by atoms with Crippen LogP contribution in [0.15, 0.2) is 70.2 Å². The maximum atomic E-state index is 13.7. The molecule has 0 aliphatic heterocycles. The van der Waals surface area contributed by atoms with Crippen LogP contribution in [-0.4, -0.2) is 32.3 Å². The molecule has 0 aliphatic carbocycles. The molecule has 9 heteroatoms. The quantitative estimate of drug-likeness (QED) is 0.222. The number of hydrogen-bond acceptors (Lipinski definition) is 6. The van der Waals surface area contributed by atoms with E-state index < -0.39 is 17.7 Å². The van der Waals surface area contributed by atoms with Crippen LogP contribution in [0, 0.1) is 5.82 Å². The van der Waals surface area contributed by atoms with Gasteiger partial charge in [-0.25, -0.2) is 14.6 Å². The number of ether oxygens (including phenoxy) is 3. The molecule has 164 valence electrons. The summed E-state index contributed by atoms with van der Waals surface area (Å²) in [6.07, 6.45) is 1.29. The molecule has 0 aliphatic rings. The predicted octanol–water partition coefficient (Wildman–Crippen LogP) is 4.59. The van der Waals surface area contributed by atoms with Crippen LogP contribution in [-0.2, 0) is 0 Å². The fraction of sp³-hybridized carbons (Fsp3) is 0.0870. The second-order valence-electron chi connectivity index (χ2n) is 6.32. The molecule has 0 fully saturated rings. The van der Waals surface area contributed by atoms with Crippen molar-refractivity contribution < 1.29 is 28.2 Å². The maximum Gasteiger partial charge on any atom is 0.343 e. The lowest BCUT2D eigenvalue weighted by Gasteiger charge is -2.11. The van der Waals surface area contributed by atoms with E-state index in [0.29, 0.717) is 21.5 Å². The van der Waals surface area contributed by atoms with Crippen molar-refractivity contribution in [3.63, 3.8) is 0 Å². The number of carbonyl (C=O) groups is 2. The SMILES string of the molecule is COc1ccc(C(=O)Oc2ccc(Br)cc2/C=N\NC(=O)c2ccccc2F)cc1OC. The molecule has 3 aromatic carbocycles. The fourth-order valence-corrected chi connectivity index (χ4v) is 3.08. The van der Waals surface area contributed by atoms with E-state index in [-0.39, 0.29) is 16.9 Å². The highest BCUT2D eigenvalue weighted by molar-refractivity contribution is 9.10. The number of nitrogens with one attached hydrogen (secondary N) is 1. The summed E-state index contributed by atoms with van der Waals surface area (Å²) in [5.41, 5.74) is 2.77. The van der Waals surface area contributed by atoms with Crippen molar-refractivity contribution in [2.75, 3.05) is 14.2 Å². The Morgan fingerprint density at radius 3 is 2.41 bits per heavy atom. The van der Waals surface area contributed by atoms with Gasteiger partial charge in [0.1, 0.15) is 11.6 Å². The number of hydrogen-bond donors (Lipinski definition) is 1. The van der Waals surface area contributed by atoms with E-state index >= 15 is 0 Å². The van der Waals surface area contributed by atoms with Crippen LogP contribution < -0.4 is 19.6 Å². The number of hydrazone groups is 1. The van der Waals surface area contributed by atoms with Gasteiger partial charge in [0, 0.05) is 10.0 Å². The molecule has 0 spiro atoms. The van der Waals surface area contributed by atoms with Gasteiger partial charge >= 0.3 is 5.97 Å². The zero-order valence-corrected chi connectivity index (χ0v) is 18.7. The molecule has 0 heterocycles. The summed E-state index contributed by atoms with van der Waals surface area (Å²) < 4.78 is 30.3. The van der Waals surface area contributed by atoms with Crippen molar-refractivity contribution >= 4 is 34.0 Å². The van der Waals surface area contributed by atoms with E-state index in [1.165, 1.54) is 44.7 Å². The van der Waals surface area contributed by atoms with E-state index in [1.54, 1.807) is 36.4 Å². The van der Waals surface area contributed by atoms with Crippen LogP contribution in [0.1, 0.15) is 26.3 Å². The lowest BCUT2D eigenvalue weighted by atomic mass is 10.2. The minimum absolute atomic E-state index is 0.140. The summed E-state index contributed by atoms with van der Waals surface area (Å²) in [7, 11) is 2.96. The molecule has 0 atom stereocenters. The first-order valence-corrected chi connectivity index (χ1v) is 10.0. The van der Waals surface area contributed by atoms with Gasteiger partial charge in [0.05, 0.1) is 31.6 Å². The van der Waals surface area contributed by atoms with Crippen LogP contribution in [0.5, 0.6) is 17.2 Å². The zero-order valence-electron chi connectivity index (χ0n) is 17.1. The van der Waals surface area contributed by atoms with Gasteiger partial charge in [-0.2, -0.15) is 5.10 Å². The average Bonchev–Trinajstić information content (AvgIpc) is 2.80. The Hall–Kier alpha value is -3.72. The summed E-state index contributed by atoms with van der Waals surface area (Å²) >= 11 is 3.34. The third kappa shape index (κ3) is 5.50. The molecular weight excluding hydrogens is 483 g/mol. The highest BCUT2D eigenvalue weighted by atomic mass is 79.9. The molecule has 1 N–H and O–H groups in total. The Labute approximate surface area is 191 Å². The summed E-state index contributed by atoms with van der Waals surface area (Å²) in [5.74, 6) is -0.929. The summed E-state index contributed by atoms with van der Waals surface area (Å²) in [6, 6.07) is 15.1. The van der Waals surface area contributed by atoms with Crippen LogP contribution in [0.3, 0.4) is 0 Å². The number of benzene rings is 3. The lowest BCUT2D eigenvalue weighted by Crippen LogP contribution is -2.19. The third-order valence-electron chi connectivity index (χ3n) is 4.28. The van der Waals surface area contributed by atoms with E-state index in [1.807, 2.05) is 0 Å². The number of methoxy groups -OCH3 is 2. The first-order valence-electron chi connectivity index (χ1n) is 9.24. The second-order valence-corrected chi connectivity index (χ2v) is 7.24. The van der Waals surface area contributed by atoms with Crippen molar-refractivity contribution in [1.82, 2.24) is 5.43 Å². The summed E-state index contributed by atoms with van der Waals surface area (Å²) in [5, 5.41) is 3.85. The lowest BCUT2D eigenvalue weighted by molar-refractivity contribution is 0.0733. The largest absolute Gasteiger partial charge is 0.493 e. The second kappa shape index (κ2) is 10.5. The standard InChI is InChI=1S/C23H18BrFN2O5/c1-30-20-9-7-14(12-21(20)31-2)23(29)32-19-10-8-16(24)11-15(19)13-26-27-22(28)17-5-3-4-6-18(17)25/h3-13H,1-2H3,(H,27,28)/b26-13-. The first kappa shape index (κ1) is 23.0. The Balaban J connectivity index is 1.78. The number of esters is 1. The third-order valence-corrected chi connectivity index (χ3v) is 4.78. The predicted molar refractivity (Wildman–Crippen MR) is 120 cm³/mol. The van der Waals surface area contributed by atoms with Gasteiger partial charge in [0.25, 0.3) is 5.91 Å². The van der Waals surface area contributed by atoms with Gasteiger partial charge < -0.3 is 14.2 Å². The van der Waals surface area contributed by atoms with Crippen molar-refractivity contribution in [3.8, 4) is 17.2 Å². The Morgan fingerprint density at radius 1 is 0.969 bits per heavy atom. The smallest absolute Gasteiger partial charge is 0.343 e. The monoisotopic (exact) mass is 500 g/mol. The van der Waals surface area contributed by atoms with Gasteiger partial charge in [0.2, 0.25) is 0 Å². The number of amides is 1. The number of nitrogens with zero attached hydrogens (tertiary/aromatic N) is 1. The molecule has 3 rings (SSSR count). The minimum atomic E-state index is -0.710. The molecule has 0 saturated heterocycles. The first-order chi connectivity index (χ1) is 15.4. The van der Waals surface area contributed by atoms with Crippen LogP contribution >= 0.6 is 15.9 Å². The fourth-order valence-electron chi connectivity index (χ4n) is 2.70. The molecule has 1 amide bonds. The number of halogens is 2. The van der Waals surface area contributed by atoms with Crippen molar-refractivity contribution in [2.45, 2.75) is 0 Å². The molecule has 32 heavy (non-hydrogen) atoms. The van der Waals surface area contributed by atoms with Crippen LogP contribution in [0.2, 0.25) is 0 Å². The number of rotatable bonds is 7. The molecule has 0 aromatic heterocycles. The highest BCUT2D eigenvalue weighted by Gasteiger charge is 2.15. The molecule has 0 saturated carbocycles. The van der Waals surface area contributed by atoms with E-state index in [2.05, 4.69) is 26.5 Å². The molecule has 0 radical (unpaired) electrons. The Morgan fingerprint density at radius 2 is 1.69 bits per heavy atom. The number of carbonyl (C=O) groups excluding carboxylic acids is 2. The summed E-state index contributed by atoms with van der Waals surface area (Å²) in [6.45, 7) is 0. The van der Waals surface area contributed by atoms with Crippen molar-refractivity contribution in [2.24, 2.45) is 5.10 Å². The molecule has 0 bridgehead atoms. The van der Waals surface area contributed by atoms with Crippen molar-refractivity contribution in [1.29, 1.82) is 0 Å². The Kier molecular flexibility index (Phi) is 7.56. The van der Waals surface area contributed by atoms with E-state index in [0.717, 1.165) is 0 Å². The minimum Gasteiger partial charge on any atom is -0.493 e. The van der Waals surface area contributed by atoms with Gasteiger partial charge in [-0.1, -0.05) is 28.1 Å². The topological polar surface area (TPSA) is 86.2 Å². The van der Waals surface area contributed by atoms with Gasteiger partial charge in [-0.3, -0.25) is 4.79 Å². The van der Waals surface area contributed by atoms with Crippen LogP contribution in [0.4, 0.5) is 4.39 Å². The van der Waals surface area contributed by atoms with Crippen molar-refractivity contribution in [3.05, 3.63) is 87.6 Å². The Bertz CT molecular complexity index is 1180. The maximum absolute atomic E-state index is 13.7. The van der Waals surface area contributed by atoms with E-state index in [4.69, 9.17) is 14.2 Å². The molecule has 3 aromatic rings.